The summed E-state index contributed by atoms with van der Waals surface area (Å²) in [5.74, 6) is 2.92. The fourth-order valence-electron chi connectivity index (χ4n) is 4.30. The van der Waals surface area contributed by atoms with Gasteiger partial charge in [0.15, 0.2) is 5.82 Å². The molecule has 0 amide bonds. The van der Waals surface area contributed by atoms with Crippen LogP contribution in [0.2, 0.25) is 5.02 Å². The molecule has 0 saturated heterocycles. The number of aryl methyl sites for hydroxylation is 1. The molecular formula is C21H24ClN5O2S. The van der Waals surface area contributed by atoms with E-state index in [2.05, 4.69) is 32.3 Å². The summed E-state index contributed by atoms with van der Waals surface area (Å²) in [5.41, 5.74) is 1.88. The summed E-state index contributed by atoms with van der Waals surface area (Å²) in [4.78, 5) is 16.6. The van der Waals surface area contributed by atoms with Crippen LogP contribution in [0, 0.1) is 0 Å². The molecule has 0 bridgehead atoms. The van der Waals surface area contributed by atoms with E-state index in [0.717, 1.165) is 60.5 Å². The Hall–Kier alpha value is -2.03. The van der Waals surface area contributed by atoms with Crippen molar-refractivity contribution in [3.05, 3.63) is 40.9 Å². The third-order valence-electron chi connectivity index (χ3n) is 6.26. The normalized spacial score (nSPS) is 22.3. The van der Waals surface area contributed by atoms with E-state index < -0.39 is 10.8 Å². The van der Waals surface area contributed by atoms with Crippen LogP contribution in [0.15, 0.2) is 29.4 Å². The largest absolute Gasteiger partial charge is 0.394 e. The third-order valence-corrected chi connectivity index (χ3v) is 7.94. The molecule has 2 N–H and O–H groups in total. The van der Waals surface area contributed by atoms with Crippen molar-refractivity contribution in [2.45, 2.75) is 42.5 Å². The monoisotopic (exact) mass is 445 g/mol. The number of anilines is 2. The average Bonchev–Trinajstić information content (AvgIpc) is 3.12. The number of aromatic nitrogens is 3. The summed E-state index contributed by atoms with van der Waals surface area (Å²) in [6.07, 6.45) is 9.89. The van der Waals surface area contributed by atoms with Gasteiger partial charge in [0.1, 0.15) is 11.6 Å². The number of nitrogens with zero attached hydrogens (tertiary/aromatic N) is 4. The van der Waals surface area contributed by atoms with Gasteiger partial charge < -0.3 is 15.3 Å². The first-order valence-electron chi connectivity index (χ1n) is 10.3. The minimum absolute atomic E-state index is 0.0667. The van der Waals surface area contributed by atoms with Crippen molar-refractivity contribution in [2.75, 3.05) is 35.7 Å². The van der Waals surface area contributed by atoms with Crippen LogP contribution < -0.4 is 10.2 Å². The van der Waals surface area contributed by atoms with Crippen molar-refractivity contribution in [3.63, 3.8) is 0 Å². The van der Waals surface area contributed by atoms with E-state index in [0.29, 0.717) is 29.0 Å². The highest BCUT2D eigenvalue weighted by Crippen LogP contribution is 2.39. The number of fused-ring (bicyclic) bond motifs is 1. The van der Waals surface area contributed by atoms with Crippen molar-refractivity contribution in [1.29, 1.82) is 0 Å². The number of rotatable bonds is 5. The zero-order valence-electron chi connectivity index (χ0n) is 16.6. The molecule has 2 aliphatic heterocycles. The maximum absolute atomic E-state index is 12.6. The van der Waals surface area contributed by atoms with Crippen LogP contribution in [0.5, 0.6) is 0 Å². The van der Waals surface area contributed by atoms with Crippen molar-refractivity contribution < 1.29 is 9.32 Å². The SMILES string of the molecule is O=[S@]1CCc2cc(N3CC=C(c4ncc(Cl)cn4)CC3)nc(NC3(CO)CCC3)c21. The molecule has 0 unspecified atom stereocenters. The Balaban J connectivity index is 1.42. The first kappa shape index (κ1) is 19.9. The molecule has 5 rings (SSSR count). The predicted molar refractivity (Wildman–Crippen MR) is 118 cm³/mol. The molecule has 2 aromatic rings. The number of hydrogen-bond donors (Lipinski definition) is 2. The highest BCUT2D eigenvalue weighted by Gasteiger charge is 2.38. The lowest BCUT2D eigenvalue weighted by atomic mass is 9.77. The fraction of sp³-hybridized carbons (Fsp3) is 0.476. The second-order valence-electron chi connectivity index (χ2n) is 8.18. The summed E-state index contributed by atoms with van der Waals surface area (Å²) in [5, 5.41) is 13.9. The van der Waals surface area contributed by atoms with Gasteiger partial charge in [-0.05, 0) is 49.3 Å². The lowest BCUT2D eigenvalue weighted by Crippen LogP contribution is -2.48. The molecule has 0 radical (unpaired) electrons. The number of nitrogens with one attached hydrogen (secondary N) is 1. The fourth-order valence-corrected chi connectivity index (χ4v) is 5.77. The van der Waals surface area contributed by atoms with E-state index in [9.17, 15) is 9.32 Å². The smallest absolute Gasteiger partial charge is 0.154 e. The lowest BCUT2D eigenvalue weighted by Gasteiger charge is -2.42. The van der Waals surface area contributed by atoms with E-state index in [1.165, 1.54) is 0 Å². The van der Waals surface area contributed by atoms with Crippen molar-refractivity contribution in [3.8, 4) is 0 Å². The highest BCUT2D eigenvalue weighted by atomic mass is 35.5. The number of pyridine rings is 1. The molecule has 1 fully saturated rings. The van der Waals surface area contributed by atoms with Gasteiger partial charge in [-0.15, -0.1) is 0 Å². The summed E-state index contributed by atoms with van der Waals surface area (Å²) in [7, 11) is -1.03. The van der Waals surface area contributed by atoms with E-state index in [4.69, 9.17) is 16.6 Å². The van der Waals surface area contributed by atoms with Crippen LogP contribution in [0.4, 0.5) is 11.6 Å². The average molecular weight is 446 g/mol. The van der Waals surface area contributed by atoms with Gasteiger partial charge in [0, 0.05) is 31.2 Å². The van der Waals surface area contributed by atoms with Gasteiger partial charge in [-0.2, -0.15) is 0 Å². The summed E-state index contributed by atoms with van der Waals surface area (Å²) >= 11 is 5.89. The van der Waals surface area contributed by atoms with Crippen LogP contribution in [0.25, 0.3) is 5.57 Å². The molecule has 7 nitrogen and oxygen atoms in total. The summed E-state index contributed by atoms with van der Waals surface area (Å²) < 4.78 is 12.6. The number of hydrogen-bond acceptors (Lipinski definition) is 7. The Morgan fingerprint density at radius 1 is 1.27 bits per heavy atom. The molecule has 158 valence electrons. The van der Waals surface area contributed by atoms with Crippen molar-refractivity contribution >= 4 is 39.6 Å². The van der Waals surface area contributed by atoms with Gasteiger partial charge in [-0.3, -0.25) is 4.21 Å². The van der Waals surface area contributed by atoms with E-state index in [-0.39, 0.29) is 12.1 Å². The molecular weight excluding hydrogens is 422 g/mol. The number of aliphatic hydroxyl groups is 1. The van der Waals surface area contributed by atoms with Gasteiger partial charge in [0.05, 0.1) is 32.9 Å². The molecule has 1 atom stereocenters. The molecule has 3 aliphatic rings. The van der Waals surface area contributed by atoms with Crippen LogP contribution in [0.3, 0.4) is 0 Å². The Morgan fingerprint density at radius 2 is 2.07 bits per heavy atom. The Kier molecular flexibility index (Phi) is 5.24. The quantitative estimate of drug-likeness (QED) is 0.731. The molecule has 4 heterocycles. The molecule has 9 heteroatoms. The second kappa shape index (κ2) is 7.90. The van der Waals surface area contributed by atoms with E-state index in [1.807, 2.05) is 0 Å². The van der Waals surface area contributed by atoms with Gasteiger partial charge in [-0.25, -0.2) is 15.0 Å². The van der Waals surface area contributed by atoms with E-state index >= 15 is 0 Å². The van der Waals surface area contributed by atoms with Gasteiger partial charge >= 0.3 is 0 Å². The topological polar surface area (TPSA) is 91.2 Å². The minimum atomic E-state index is -1.03. The zero-order valence-corrected chi connectivity index (χ0v) is 18.2. The molecule has 0 aromatic carbocycles. The third kappa shape index (κ3) is 3.61. The van der Waals surface area contributed by atoms with Crippen LogP contribution in [0.1, 0.15) is 37.1 Å². The Bertz CT molecular complexity index is 1020. The molecule has 1 saturated carbocycles. The standard InChI is InChI=1S/C21H24ClN5O2S/c22-16-11-23-19(24-12-16)14-2-7-27(8-3-14)17-10-15-4-9-30(29)18(15)20(25-17)26-21(13-28)5-1-6-21/h2,10-12,28H,1,3-9,13H2,(H,25,26)/t30-/m0/s1. The van der Waals surface area contributed by atoms with Crippen LogP contribution in [-0.4, -0.2) is 55.3 Å². The highest BCUT2D eigenvalue weighted by molar-refractivity contribution is 7.85. The Morgan fingerprint density at radius 3 is 2.70 bits per heavy atom. The van der Waals surface area contributed by atoms with Gasteiger partial charge in [0.2, 0.25) is 0 Å². The molecule has 1 aliphatic carbocycles. The number of aliphatic hydroxyl groups excluding tert-OH is 1. The first-order valence-corrected chi connectivity index (χ1v) is 12.0. The van der Waals surface area contributed by atoms with Crippen molar-refractivity contribution in [1.82, 2.24) is 15.0 Å². The predicted octanol–water partition coefficient (Wildman–Crippen LogP) is 2.81. The maximum atomic E-state index is 12.6. The first-order chi connectivity index (χ1) is 14.6. The molecule has 0 spiro atoms. The van der Waals surface area contributed by atoms with E-state index in [1.54, 1.807) is 12.4 Å². The minimum Gasteiger partial charge on any atom is -0.394 e. The van der Waals surface area contributed by atoms with Gasteiger partial charge in [0.25, 0.3) is 0 Å². The van der Waals surface area contributed by atoms with Gasteiger partial charge in [-0.1, -0.05) is 17.7 Å². The lowest BCUT2D eigenvalue weighted by molar-refractivity contribution is 0.143. The summed E-state index contributed by atoms with van der Waals surface area (Å²) in [6, 6.07) is 2.08. The molecule has 30 heavy (non-hydrogen) atoms. The number of halogens is 1. The molecule has 2 aromatic heterocycles. The zero-order chi connectivity index (χ0) is 20.7. The van der Waals surface area contributed by atoms with Crippen LogP contribution >= 0.6 is 11.6 Å². The van der Waals surface area contributed by atoms with Crippen LogP contribution in [-0.2, 0) is 17.2 Å². The van der Waals surface area contributed by atoms with Crippen molar-refractivity contribution in [2.24, 2.45) is 0 Å². The Labute approximate surface area is 183 Å². The maximum Gasteiger partial charge on any atom is 0.154 e. The summed E-state index contributed by atoms with van der Waals surface area (Å²) in [6.45, 7) is 1.58. The second-order valence-corrected chi connectivity index (χ2v) is 10.1.